The highest BCUT2D eigenvalue weighted by atomic mass is 19.2. The molecule has 3 N–H and O–H groups in total. The van der Waals surface area contributed by atoms with E-state index in [9.17, 15) is 13.6 Å². The Labute approximate surface area is 129 Å². The summed E-state index contributed by atoms with van der Waals surface area (Å²) in [7, 11) is 0. The first-order valence-electron chi connectivity index (χ1n) is 7.69. The van der Waals surface area contributed by atoms with Gasteiger partial charge in [0.05, 0.1) is 5.92 Å². The van der Waals surface area contributed by atoms with Gasteiger partial charge in [-0.25, -0.2) is 8.78 Å². The molecule has 1 aliphatic heterocycles. The zero-order valence-corrected chi connectivity index (χ0v) is 12.8. The number of amides is 1. The van der Waals surface area contributed by atoms with Crippen LogP contribution in [0.2, 0.25) is 0 Å². The molecule has 0 bridgehead atoms. The van der Waals surface area contributed by atoms with Gasteiger partial charge in [-0.2, -0.15) is 0 Å². The standard InChI is InChI=1S/C16H23F2N3O/c1-11(12-4-5-14(17)15(18)9-12)21-8-2-3-13(10-21)16(22)20-7-6-19/h4-5,9,11,13H,2-3,6-8,10,19H2,1H3,(H,20,22). The van der Waals surface area contributed by atoms with E-state index in [1.54, 1.807) is 6.07 Å². The predicted octanol–water partition coefficient (Wildman–Crippen LogP) is 1.81. The second kappa shape index (κ2) is 7.65. The molecule has 6 heteroatoms. The number of hydrogen-bond donors (Lipinski definition) is 2. The van der Waals surface area contributed by atoms with Gasteiger partial charge in [0.2, 0.25) is 5.91 Å². The Morgan fingerprint density at radius 1 is 1.45 bits per heavy atom. The third kappa shape index (κ3) is 4.01. The zero-order valence-electron chi connectivity index (χ0n) is 12.8. The molecule has 1 amide bonds. The molecule has 1 aromatic rings. The molecule has 0 radical (unpaired) electrons. The third-order valence-electron chi connectivity index (χ3n) is 4.24. The van der Waals surface area contributed by atoms with Gasteiger partial charge >= 0.3 is 0 Å². The lowest BCUT2D eigenvalue weighted by atomic mass is 9.94. The molecule has 1 aromatic carbocycles. The first kappa shape index (κ1) is 16.8. The quantitative estimate of drug-likeness (QED) is 0.872. The van der Waals surface area contributed by atoms with Gasteiger partial charge in [0.1, 0.15) is 0 Å². The van der Waals surface area contributed by atoms with E-state index < -0.39 is 11.6 Å². The normalized spacial score (nSPS) is 20.6. The molecule has 2 unspecified atom stereocenters. The highest BCUT2D eigenvalue weighted by Crippen LogP contribution is 2.27. The fourth-order valence-electron chi connectivity index (χ4n) is 2.89. The van der Waals surface area contributed by atoms with E-state index in [-0.39, 0.29) is 17.9 Å². The number of piperidine rings is 1. The third-order valence-corrected chi connectivity index (χ3v) is 4.24. The van der Waals surface area contributed by atoms with Gasteiger partial charge in [0, 0.05) is 25.7 Å². The number of rotatable bonds is 5. The SMILES string of the molecule is CC(c1ccc(F)c(F)c1)N1CCCC(C(=O)NCCN)C1. The lowest BCUT2D eigenvalue weighted by molar-refractivity contribution is -0.126. The molecule has 2 rings (SSSR count). The molecule has 0 spiro atoms. The highest BCUT2D eigenvalue weighted by Gasteiger charge is 2.28. The molecule has 1 fully saturated rings. The van der Waals surface area contributed by atoms with Crippen molar-refractivity contribution in [1.82, 2.24) is 10.2 Å². The topological polar surface area (TPSA) is 58.4 Å². The highest BCUT2D eigenvalue weighted by molar-refractivity contribution is 5.78. The molecule has 1 saturated heterocycles. The summed E-state index contributed by atoms with van der Waals surface area (Å²) in [6, 6.07) is 3.93. The summed E-state index contributed by atoms with van der Waals surface area (Å²) in [6.07, 6.45) is 1.76. The van der Waals surface area contributed by atoms with E-state index in [1.165, 1.54) is 6.07 Å². The van der Waals surface area contributed by atoms with Crippen molar-refractivity contribution in [3.63, 3.8) is 0 Å². The molecule has 0 saturated carbocycles. The molecule has 1 heterocycles. The van der Waals surface area contributed by atoms with Crippen molar-refractivity contribution in [1.29, 1.82) is 0 Å². The summed E-state index contributed by atoms with van der Waals surface area (Å²) < 4.78 is 26.4. The van der Waals surface area contributed by atoms with Crippen molar-refractivity contribution in [3.8, 4) is 0 Å². The number of benzene rings is 1. The minimum atomic E-state index is -0.839. The first-order valence-corrected chi connectivity index (χ1v) is 7.69. The zero-order chi connectivity index (χ0) is 16.1. The molecule has 0 aromatic heterocycles. The van der Waals surface area contributed by atoms with Crippen molar-refractivity contribution < 1.29 is 13.6 Å². The van der Waals surface area contributed by atoms with E-state index >= 15 is 0 Å². The summed E-state index contributed by atoms with van der Waals surface area (Å²) in [5.74, 6) is -1.73. The van der Waals surface area contributed by atoms with Crippen LogP contribution < -0.4 is 11.1 Å². The fraction of sp³-hybridized carbons (Fsp3) is 0.562. The van der Waals surface area contributed by atoms with Crippen molar-refractivity contribution in [2.75, 3.05) is 26.2 Å². The Morgan fingerprint density at radius 3 is 2.91 bits per heavy atom. The van der Waals surface area contributed by atoms with Crippen LogP contribution >= 0.6 is 0 Å². The second-order valence-electron chi connectivity index (χ2n) is 5.76. The molecule has 0 aliphatic carbocycles. The van der Waals surface area contributed by atoms with Crippen LogP contribution in [0.1, 0.15) is 31.4 Å². The van der Waals surface area contributed by atoms with Crippen molar-refractivity contribution in [3.05, 3.63) is 35.4 Å². The molecule has 2 atom stereocenters. The van der Waals surface area contributed by atoms with Crippen molar-refractivity contribution >= 4 is 5.91 Å². The maximum absolute atomic E-state index is 13.4. The number of nitrogens with two attached hydrogens (primary N) is 1. The van der Waals surface area contributed by atoms with E-state index in [0.717, 1.165) is 31.0 Å². The number of nitrogens with zero attached hydrogens (tertiary/aromatic N) is 1. The van der Waals surface area contributed by atoms with Crippen molar-refractivity contribution in [2.24, 2.45) is 11.7 Å². The van der Waals surface area contributed by atoms with Crippen LogP contribution in [0, 0.1) is 17.6 Å². The second-order valence-corrected chi connectivity index (χ2v) is 5.76. The Hall–Kier alpha value is -1.53. The Bertz CT molecular complexity index is 524. The molecular formula is C16H23F2N3O. The van der Waals surface area contributed by atoms with Gasteiger partial charge in [-0.15, -0.1) is 0 Å². The maximum atomic E-state index is 13.4. The summed E-state index contributed by atoms with van der Waals surface area (Å²) in [4.78, 5) is 14.2. The van der Waals surface area contributed by atoms with Crippen LogP contribution in [0.5, 0.6) is 0 Å². The minimum Gasteiger partial charge on any atom is -0.355 e. The van der Waals surface area contributed by atoms with E-state index in [1.807, 2.05) is 6.92 Å². The number of hydrogen-bond acceptors (Lipinski definition) is 3. The number of likely N-dealkylation sites (tertiary alicyclic amines) is 1. The van der Waals surface area contributed by atoms with Gasteiger partial charge in [-0.05, 0) is 44.0 Å². The summed E-state index contributed by atoms with van der Waals surface area (Å²) in [5.41, 5.74) is 6.12. The summed E-state index contributed by atoms with van der Waals surface area (Å²) >= 11 is 0. The van der Waals surface area contributed by atoms with Crippen LogP contribution in [0.4, 0.5) is 8.78 Å². The van der Waals surface area contributed by atoms with Gasteiger partial charge in [-0.3, -0.25) is 9.69 Å². The van der Waals surface area contributed by atoms with Gasteiger partial charge in [0.15, 0.2) is 11.6 Å². The molecule has 122 valence electrons. The number of halogens is 2. The van der Waals surface area contributed by atoms with Crippen LogP contribution in [0.25, 0.3) is 0 Å². The molecule has 22 heavy (non-hydrogen) atoms. The van der Waals surface area contributed by atoms with E-state index in [4.69, 9.17) is 5.73 Å². The van der Waals surface area contributed by atoms with Crippen LogP contribution in [0.3, 0.4) is 0 Å². The van der Waals surface area contributed by atoms with Crippen LogP contribution in [-0.2, 0) is 4.79 Å². The molecular weight excluding hydrogens is 288 g/mol. The average Bonchev–Trinajstić information content (AvgIpc) is 2.54. The lowest BCUT2D eigenvalue weighted by Crippen LogP contribution is -2.44. The summed E-state index contributed by atoms with van der Waals surface area (Å²) in [6.45, 7) is 4.33. The molecule has 1 aliphatic rings. The monoisotopic (exact) mass is 311 g/mol. The van der Waals surface area contributed by atoms with Crippen molar-refractivity contribution in [2.45, 2.75) is 25.8 Å². The maximum Gasteiger partial charge on any atom is 0.224 e. The number of carbonyl (C=O) groups is 1. The van der Waals surface area contributed by atoms with Gasteiger partial charge in [-0.1, -0.05) is 6.07 Å². The summed E-state index contributed by atoms with van der Waals surface area (Å²) in [5, 5.41) is 2.82. The average molecular weight is 311 g/mol. The first-order chi connectivity index (χ1) is 10.5. The largest absolute Gasteiger partial charge is 0.355 e. The Balaban J connectivity index is 2.01. The lowest BCUT2D eigenvalue weighted by Gasteiger charge is -2.36. The number of carbonyl (C=O) groups excluding carboxylic acids is 1. The Morgan fingerprint density at radius 2 is 2.23 bits per heavy atom. The fourth-order valence-corrected chi connectivity index (χ4v) is 2.89. The Kier molecular flexibility index (Phi) is 5.85. The van der Waals surface area contributed by atoms with Gasteiger partial charge in [0.25, 0.3) is 0 Å². The van der Waals surface area contributed by atoms with Crippen LogP contribution in [0.15, 0.2) is 18.2 Å². The van der Waals surface area contributed by atoms with Crippen LogP contribution in [-0.4, -0.2) is 37.0 Å². The van der Waals surface area contributed by atoms with E-state index in [2.05, 4.69) is 10.2 Å². The minimum absolute atomic E-state index is 0.0210. The van der Waals surface area contributed by atoms with Gasteiger partial charge < -0.3 is 11.1 Å². The number of nitrogens with one attached hydrogen (secondary N) is 1. The molecule has 4 nitrogen and oxygen atoms in total. The smallest absolute Gasteiger partial charge is 0.224 e. The van der Waals surface area contributed by atoms with E-state index in [0.29, 0.717) is 19.6 Å². The predicted molar refractivity (Wildman–Crippen MR) is 81.1 cm³/mol.